The summed E-state index contributed by atoms with van der Waals surface area (Å²) in [5.41, 5.74) is 4.78. The van der Waals surface area contributed by atoms with E-state index in [0.717, 1.165) is 10.0 Å². The Labute approximate surface area is 217 Å². The number of phosphoric acid groups is 1. The molecule has 3 aliphatic heterocycles. The van der Waals surface area contributed by atoms with Gasteiger partial charge in [-0.2, -0.15) is 4.98 Å². The third-order valence-electron chi connectivity index (χ3n) is 6.46. The molecule has 0 aliphatic carbocycles. The van der Waals surface area contributed by atoms with Gasteiger partial charge in [-0.25, -0.2) is 14.3 Å². The highest BCUT2D eigenvalue weighted by Gasteiger charge is 2.64. The lowest BCUT2D eigenvalue weighted by molar-refractivity contribution is -0.0925. The number of phosphoric ester groups is 1. The second kappa shape index (κ2) is 8.89. The minimum absolute atomic E-state index is 0.0226. The Hall–Kier alpha value is -2.81. The van der Waals surface area contributed by atoms with E-state index in [1.165, 1.54) is 10.9 Å². The smallest absolute Gasteiger partial charge is 0.424 e. The van der Waals surface area contributed by atoms with E-state index in [9.17, 15) is 14.2 Å². The second-order valence-electron chi connectivity index (χ2n) is 8.86. The number of imidazole rings is 1. The first kappa shape index (κ1) is 24.5. The first-order valence-corrected chi connectivity index (χ1v) is 13.5. The van der Waals surface area contributed by atoms with Crippen LogP contribution in [0.2, 0.25) is 0 Å². The number of aromatic nitrogens is 4. The van der Waals surface area contributed by atoms with Crippen molar-refractivity contribution in [2.24, 2.45) is 0 Å². The van der Waals surface area contributed by atoms with Crippen LogP contribution in [0.4, 0.5) is 10.7 Å². The Kier molecular flexibility index (Phi) is 5.89. The van der Waals surface area contributed by atoms with E-state index in [0.29, 0.717) is 6.42 Å². The Morgan fingerprint density at radius 2 is 2.16 bits per heavy atom. The summed E-state index contributed by atoms with van der Waals surface area (Å²) in [5, 5.41) is 0. The highest BCUT2D eigenvalue weighted by Crippen LogP contribution is 2.58. The van der Waals surface area contributed by atoms with E-state index in [-0.39, 0.29) is 30.3 Å². The Morgan fingerprint density at radius 1 is 1.35 bits per heavy atom. The Morgan fingerprint density at radius 3 is 2.97 bits per heavy atom. The van der Waals surface area contributed by atoms with Crippen molar-refractivity contribution in [3.05, 3.63) is 51.0 Å². The van der Waals surface area contributed by atoms with Crippen LogP contribution in [0.5, 0.6) is 0 Å². The van der Waals surface area contributed by atoms with Gasteiger partial charge in [-0.15, -0.1) is 0 Å². The number of anilines is 1. The fourth-order valence-corrected chi connectivity index (χ4v) is 6.69. The van der Waals surface area contributed by atoms with Gasteiger partial charge in [-0.3, -0.25) is 27.9 Å². The minimum Gasteiger partial charge on any atom is -0.424 e. The van der Waals surface area contributed by atoms with Crippen molar-refractivity contribution in [1.29, 1.82) is 0 Å². The Balaban J connectivity index is 1.25. The van der Waals surface area contributed by atoms with Gasteiger partial charge in [0.2, 0.25) is 5.95 Å². The largest absolute Gasteiger partial charge is 0.509 e. The van der Waals surface area contributed by atoms with Crippen molar-refractivity contribution in [1.82, 2.24) is 19.5 Å². The predicted molar refractivity (Wildman–Crippen MR) is 128 cm³/mol. The molecule has 3 aromatic rings. The quantitative estimate of drug-likeness (QED) is 0.325. The summed E-state index contributed by atoms with van der Waals surface area (Å²) in [5.74, 6) is -0.122. The number of carbonyl (C=O) groups is 1. The standard InChI is InChI=1S/C21H21BrN5O9P/c1-21-15(34-20(29)35-21)13(33-18(21)27-9-24-14-16(27)25-19(23)26-17(14)28)8-32-37(30)31-7-6-12(36-37)10-4-2-3-5-11(10)22/h2-5,9,12-13,15,18H,6-8H2,1H3,(H3,23,25,26,28)/t12-,13+,15+,18+,21+,37+/m0/s1. The molecule has 0 saturated carbocycles. The predicted octanol–water partition coefficient (Wildman–Crippen LogP) is 2.96. The minimum atomic E-state index is -3.99. The first-order valence-electron chi connectivity index (χ1n) is 11.3. The van der Waals surface area contributed by atoms with Crippen LogP contribution in [-0.2, 0) is 32.3 Å². The van der Waals surface area contributed by atoms with Crippen molar-refractivity contribution >= 4 is 47.0 Å². The molecule has 6 rings (SSSR count). The molecular weight excluding hydrogens is 577 g/mol. The normalized spacial score (nSPS) is 33.3. The van der Waals surface area contributed by atoms with E-state index in [1.807, 2.05) is 24.3 Å². The van der Waals surface area contributed by atoms with E-state index >= 15 is 0 Å². The highest BCUT2D eigenvalue weighted by atomic mass is 79.9. The average Bonchev–Trinajstić information content (AvgIpc) is 3.47. The molecule has 3 saturated heterocycles. The van der Waals surface area contributed by atoms with Crippen molar-refractivity contribution < 1.29 is 37.1 Å². The number of aromatic amines is 1. The zero-order chi connectivity index (χ0) is 25.9. The highest BCUT2D eigenvalue weighted by molar-refractivity contribution is 9.10. The fourth-order valence-electron chi connectivity index (χ4n) is 4.76. The summed E-state index contributed by atoms with van der Waals surface area (Å²) < 4.78 is 49.3. The lowest BCUT2D eigenvalue weighted by Gasteiger charge is -2.30. The fraction of sp³-hybridized carbons (Fsp3) is 0.429. The molecule has 1 aromatic carbocycles. The van der Waals surface area contributed by atoms with Crippen LogP contribution in [0, 0.1) is 0 Å². The first-order chi connectivity index (χ1) is 17.7. The van der Waals surface area contributed by atoms with Crippen molar-refractivity contribution in [3.8, 4) is 0 Å². The molecule has 0 spiro atoms. The third kappa shape index (κ3) is 4.15. The molecule has 5 heterocycles. The Bertz CT molecular complexity index is 1500. The number of nitrogens with one attached hydrogen (secondary N) is 1. The molecule has 0 bridgehead atoms. The number of rotatable bonds is 5. The molecule has 2 aromatic heterocycles. The molecule has 37 heavy (non-hydrogen) atoms. The molecule has 196 valence electrons. The SMILES string of the molecule is C[C@@]12OC(=O)O[C@@H]1[C@@H](CO[P@@]1(=O)OCC[C@@H](c3ccccc3Br)O1)O[C@H]2n1cnc2c(=O)[nH]c(N)nc21. The van der Waals surface area contributed by atoms with Gasteiger partial charge in [0.25, 0.3) is 5.56 Å². The topological polar surface area (TPSA) is 179 Å². The number of ether oxygens (including phenoxy) is 3. The van der Waals surface area contributed by atoms with Gasteiger partial charge in [0.1, 0.15) is 6.10 Å². The molecular formula is C21H21BrN5O9P. The number of hydrogen-bond donors (Lipinski definition) is 2. The maximum Gasteiger partial charge on any atom is 0.509 e. The molecule has 3 fully saturated rings. The van der Waals surface area contributed by atoms with E-state index in [2.05, 4.69) is 30.9 Å². The van der Waals surface area contributed by atoms with Crippen LogP contribution in [0.15, 0.2) is 39.9 Å². The van der Waals surface area contributed by atoms with Crippen molar-refractivity contribution in [2.75, 3.05) is 18.9 Å². The van der Waals surface area contributed by atoms with Gasteiger partial charge in [0.15, 0.2) is 29.1 Å². The molecule has 3 N–H and O–H groups in total. The maximum absolute atomic E-state index is 13.3. The number of carbonyl (C=O) groups excluding carboxylic acids is 1. The zero-order valence-corrected chi connectivity index (χ0v) is 21.7. The number of benzene rings is 1. The summed E-state index contributed by atoms with van der Waals surface area (Å²) in [6, 6.07) is 7.43. The molecule has 0 unspecified atom stereocenters. The maximum atomic E-state index is 13.3. The van der Waals surface area contributed by atoms with Gasteiger partial charge in [-0.1, -0.05) is 34.1 Å². The number of fused-ring (bicyclic) bond motifs is 2. The van der Waals surface area contributed by atoms with Gasteiger partial charge >= 0.3 is 14.0 Å². The van der Waals surface area contributed by atoms with Crippen LogP contribution in [0.3, 0.4) is 0 Å². The number of nitrogen functional groups attached to an aromatic ring is 1. The summed E-state index contributed by atoms with van der Waals surface area (Å²) >= 11 is 3.48. The molecule has 14 nitrogen and oxygen atoms in total. The number of nitrogens with zero attached hydrogens (tertiary/aromatic N) is 3. The van der Waals surface area contributed by atoms with Gasteiger partial charge in [-0.05, 0) is 18.6 Å². The molecule has 3 aliphatic rings. The monoisotopic (exact) mass is 597 g/mol. The van der Waals surface area contributed by atoms with Crippen molar-refractivity contribution in [3.63, 3.8) is 0 Å². The van der Waals surface area contributed by atoms with Crippen molar-refractivity contribution in [2.45, 2.75) is 43.5 Å². The van der Waals surface area contributed by atoms with E-state index < -0.39 is 49.7 Å². The lowest BCUT2D eigenvalue weighted by Crippen LogP contribution is -2.42. The van der Waals surface area contributed by atoms with E-state index in [4.69, 9.17) is 33.5 Å². The second-order valence-corrected chi connectivity index (χ2v) is 11.3. The number of halogens is 1. The molecule has 6 atom stereocenters. The van der Waals surface area contributed by atoms with Gasteiger partial charge < -0.3 is 19.9 Å². The van der Waals surface area contributed by atoms with Gasteiger partial charge in [0.05, 0.1) is 25.6 Å². The lowest BCUT2D eigenvalue weighted by atomic mass is 9.96. The number of nitrogens with two attached hydrogens (primary N) is 1. The number of H-pyrrole nitrogens is 1. The van der Waals surface area contributed by atoms with Crippen LogP contribution in [-0.4, -0.2) is 56.7 Å². The summed E-state index contributed by atoms with van der Waals surface area (Å²) in [7, 11) is -3.99. The summed E-state index contributed by atoms with van der Waals surface area (Å²) in [6.07, 6.45) is -2.51. The van der Waals surface area contributed by atoms with Crippen LogP contribution >= 0.6 is 23.8 Å². The molecule has 16 heteroatoms. The van der Waals surface area contributed by atoms with Gasteiger partial charge in [0, 0.05) is 10.9 Å². The summed E-state index contributed by atoms with van der Waals surface area (Å²) in [6.45, 7) is 1.45. The third-order valence-corrected chi connectivity index (χ3v) is 8.66. The molecule has 0 amide bonds. The molecule has 0 radical (unpaired) electrons. The van der Waals surface area contributed by atoms with E-state index in [1.54, 1.807) is 6.92 Å². The zero-order valence-electron chi connectivity index (χ0n) is 19.2. The van der Waals surface area contributed by atoms with Crippen LogP contribution < -0.4 is 11.3 Å². The summed E-state index contributed by atoms with van der Waals surface area (Å²) in [4.78, 5) is 35.0. The van der Waals surface area contributed by atoms with Crippen LogP contribution in [0.25, 0.3) is 11.2 Å². The van der Waals surface area contributed by atoms with Crippen LogP contribution in [0.1, 0.15) is 31.2 Å². The number of hydrogen-bond acceptors (Lipinski definition) is 12. The average molecular weight is 598 g/mol.